The van der Waals surface area contributed by atoms with E-state index in [1.165, 1.54) is 12.8 Å². The highest BCUT2D eigenvalue weighted by Gasteiger charge is 2.26. The van der Waals surface area contributed by atoms with Gasteiger partial charge in [-0.05, 0) is 38.7 Å². The van der Waals surface area contributed by atoms with Gasteiger partial charge in [0.1, 0.15) is 5.82 Å². The highest BCUT2D eigenvalue weighted by Crippen LogP contribution is 2.30. The second-order valence-corrected chi connectivity index (χ2v) is 5.39. The molecular weight excluding hydrogens is 210 g/mol. The molecule has 3 heteroatoms. The van der Waals surface area contributed by atoms with Crippen LogP contribution in [0.15, 0.2) is 18.3 Å². The van der Waals surface area contributed by atoms with E-state index in [9.17, 15) is 0 Å². The lowest BCUT2D eigenvalue weighted by molar-refractivity contribution is 0.387. The fourth-order valence-electron chi connectivity index (χ4n) is 2.59. The van der Waals surface area contributed by atoms with E-state index in [0.717, 1.165) is 23.8 Å². The van der Waals surface area contributed by atoms with E-state index < -0.39 is 0 Å². The van der Waals surface area contributed by atoms with Crippen LogP contribution in [0.25, 0.3) is 0 Å². The Bertz CT molecular complexity index is 375. The van der Waals surface area contributed by atoms with Crippen LogP contribution in [-0.2, 0) is 0 Å². The quantitative estimate of drug-likeness (QED) is 0.854. The van der Waals surface area contributed by atoms with Crippen molar-refractivity contribution in [2.75, 3.05) is 11.4 Å². The molecule has 1 fully saturated rings. The Balaban J connectivity index is 2.31. The zero-order chi connectivity index (χ0) is 12.4. The van der Waals surface area contributed by atoms with Crippen molar-refractivity contribution >= 4 is 5.82 Å². The van der Waals surface area contributed by atoms with E-state index in [1.807, 2.05) is 19.2 Å². The average molecular weight is 233 g/mol. The Morgan fingerprint density at radius 2 is 2.18 bits per heavy atom. The molecule has 2 N–H and O–H groups in total. The summed E-state index contributed by atoms with van der Waals surface area (Å²) in [6.45, 7) is 7.72. The van der Waals surface area contributed by atoms with Crippen LogP contribution in [0.2, 0.25) is 0 Å². The molecule has 1 aliphatic heterocycles. The molecule has 1 saturated heterocycles. The standard InChI is InChI=1S/C14H23N3/c1-10-6-7-11(2)17(9-10)14-13(12(3)15)5-4-8-16-14/h4-5,8,10-12H,6-7,9,15H2,1-3H3. The summed E-state index contributed by atoms with van der Waals surface area (Å²) < 4.78 is 0. The van der Waals surface area contributed by atoms with Gasteiger partial charge in [0.05, 0.1) is 0 Å². The number of anilines is 1. The largest absolute Gasteiger partial charge is 0.353 e. The molecule has 1 aromatic rings. The van der Waals surface area contributed by atoms with E-state index in [0.29, 0.717) is 6.04 Å². The molecule has 17 heavy (non-hydrogen) atoms. The average Bonchev–Trinajstić information content (AvgIpc) is 2.32. The summed E-state index contributed by atoms with van der Waals surface area (Å²) in [5.41, 5.74) is 7.20. The second-order valence-electron chi connectivity index (χ2n) is 5.39. The van der Waals surface area contributed by atoms with E-state index in [-0.39, 0.29) is 6.04 Å². The van der Waals surface area contributed by atoms with Crippen molar-refractivity contribution in [3.05, 3.63) is 23.9 Å². The summed E-state index contributed by atoms with van der Waals surface area (Å²) in [5.74, 6) is 1.83. The first-order valence-electron chi connectivity index (χ1n) is 6.56. The Hall–Kier alpha value is -1.09. The number of aromatic nitrogens is 1. The SMILES string of the molecule is CC1CCC(C)N(c2ncccc2C(C)N)C1. The molecule has 0 spiro atoms. The molecular formula is C14H23N3. The highest BCUT2D eigenvalue weighted by atomic mass is 15.2. The van der Waals surface area contributed by atoms with Gasteiger partial charge in [-0.3, -0.25) is 0 Å². The van der Waals surface area contributed by atoms with Crippen LogP contribution in [0.1, 0.15) is 45.2 Å². The topological polar surface area (TPSA) is 42.2 Å². The van der Waals surface area contributed by atoms with Gasteiger partial charge in [-0.1, -0.05) is 13.0 Å². The van der Waals surface area contributed by atoms with Gasteiger partial charge in [-0.25, -0.2) is 4.98 Å². The molecule has 0 aromatic carbocycles. The first-order valence-corrected chi connectivity index (χ1v) is 6.56. The molecule has 2 heterocycles. The molecule has 3 atom stereocenters. The van der Waals surface area contributed by atoms with Crippen LogP contribution < -0.4 is 10.6 Å². The monoisotopic (exact) mass is 233 g/mol. The maximum absolute atomic E-state index is 6.03. The molecule has 0 aliphatic carbocycles. The third kappa shape index (κ3) is 2.60. The van der Waals surface area contributed by atoms with Gasteiger partial charge in [0.15, 0.2) is 0 Å². The molecule has 0 bridgehead atoms. The Labute approximate surface area is 104 Å². The molecule has 1 aromatic heterocycles. The smallest absolute Gasteiger partial charge is 0.133 e. The molecule has 0 radical (unpaired) electrons. The second kappa shape index (κ2) is 5.05. The number of hydrogen-bond donors (Lipinski definition) is 1. The van der Waals surface area contributed by atoms with Crippen molar-refractivity contribution in [1.82, 2.24) is 4.98 Å². The minimum Gasteiger partial charge on any atom is -0.353 e. The highest BCUT2D eigenvalue weighted by molar-refractivity contribution is 5.49. The lowest BCUT2D eigenvalue weighted by Crippen LogP contribution is -2.42. The summed E-state index contributed by atoms with van der Waals surface area (Å²) in [4.78, 5) is 6.98. The maximum Gasteiger partial charge on any atom is 0.133 e. The van der Waals surface area contributed by atoms with Gasteiger partial charge in [-0.15, -0.1) is 0 Å². The fourth-order valence-corrected chi connectivity index (χ4v) is 2.59. The van der Waals surface area contributed by atoms with Gasteiger partial charge >= 0.3 is 0 Å². The lowest BCUT2D eigenvalue weighted by Gasteiger charge is -2.39. The Morgan fingerprint density at radius 1 is 1.41 bits per heavy atom. The normalized spacial score (nSPS) is 26.9. The zero-order valence-corrected chi connectivity index (χ0v) is 11.1. The molecule has 3 unspecified atom stereocenters. The van der Waals surface area contributed by atoms with Crippen LogP contribution in [0.3, 0.4) is 0 Å². The molecule has 0 amide bonds. The first-order chi connectivity index (χ1) is 8.09. The van der Waals surface area contributed by atoms with Crippen molar-refractivity contribution in [3.8, 4) is 0 Å². The Kier molecular flexibility index (Phi) is 3.67. The van der Waals surface area contributed by atoms with Gasteiger partial charge < -0.3 is 10.6 Å². The summed E-state index contributed by atoms with van der Waals surface area (Å²) in [5, 5.41) is 0. The van der Waals surface area contributed by atoms with Crippen LogP contribution in [-0.4, -0.2) is 17.6 Å². The van der Waals surface area contributed by atoms with E-state index in [1.54, 1.807) is 0 Å². The lowest BCUT2D eigenvalue weighted by atomic mass is 9.94. The number of piperidine rings is 1. The molecule has 1 aliphatic rings. The van der Waals surface area contributed by atoms with Crippen LogP contribution in [0.4, 0.5) is 5.82 Å². The van der Waals surface area contributed by atoms with Crippen molar-refractivity contribution in [2.45, 2.75) is 45.7 Å². The minimum atomic E-state index is 0.0446. The summed E-state index contributed by atoms with van der Waals surface area (Å²) in [7, 11) is 0. The van der Waals surface area contributed by atoms with Crippen molar-refractivity contribution in [2.24, 2.45) is 11.7 Å². The summed E-state index contributed by atoms with van der Waals surface area (Å²) in [6.07, 6.45) is 4.43. The number of hydrogen-bond acceptors (Lipinski definition) is 3. The van der Waals surface area contributed by atoms with Crippen molar-refractivity contribution in [1.29, 1.82) is 0 Å². The number of nitrogens with zero attached hydrogens (tertiary/aromatic N) is 2. The summed E-state index contributed by atoms with van der Waals surface area (Å²) >= 11 is 0. The van der Waals surface area contributed by atoms with Crippen molar-refractivity contribution < 1.29 is 0 Å². The van der Waals surface area contributed by atoms with Crippen LogP contribution in [0, 0.1) is 5.92 Å². The molecule has 94 valence electrons. The van der Waals surface area contributed by atoms with Gasteiger partial charge in [0.2, 0.25) is 0 Å². The Morgan fingerprint density at radius 3 is 2.88 bits per heavy atom. The fraction of sp³-hybridized carbons (Fsp3) is 0.643. The number of nitrogens with two attached hydrogens (primary N) is 1. The third-order valence-electron chi connectivity index (χ3n) is 3.70. The van der Waals surface area contributed by atoms with Gasteiger partial charge in [0, 0.05) is 30.4 Å². The molecule has 3 nitrogen and oxygen atoms in total. The van der Waals surface area contributed by atoms with Crippen LogP contribution >= 0.6 is 0 Å². The van der Waals surface area contributed by atoms with E-state index >= 15 is 0 Å². The summed E-state index contributed by atoms with van der Waals surface area (Å²) in [6, 6.07) is 4.68. The zero-order valence-electron chi connectivity index (χ0n) is 11.1. The van der Waals surface area contributed by atoms with E-state index in [4.69, 9.17) is 5.73 Å². The van der Waals surface area contributed by atoms with Crippen molar-refractivity contribution in [3.63, 3.8) is 0 Å². The first kappa shape index (κ1) is 12.4. The maximum atomic E-state index is 6.03. The molecule has 2 rings (SSSR count). The predicted octanol–water partition coefficient (Wildman–Crippen LogP) is 2.73. The van der Waals surface area contributed by atoms with Crippen LogP contribution in [0.5, 0.6) is 0 Å². The third-order valence-corrected chi connectivity index (χ3v) is 3.70. The minimum absolute atomic E-state index is 0.0446. The number of pyridine rings is 1. The number of rotatable bonds is 2. The molecule has 0 saturated carbocycles. The van der Waals surface area contributed by atoms with E-state index in [2.05, 4.69) is 29.8 Å². The van der Waals surface area contributed by atoms with Gasteiger partial charge in [0.25, 0.3) is 0 Å². The predicted molar refractivity (Wildman–Crippen MR) is 72.0 cm³/mol. The van der Waals surface area contributed by atoms with Gasteiger partial charge in [-0.2, -0.15) is 0 Å².